The molecule has 0 radical (unpaired) electrons. The third-order valence-electron chi connectivity index (χ3n) is 4.04. The molecular formula is C15H31IN4. The fourth-order valence-corrected chi connectivity index (χ4v) is 2.79. The maximum absolute atomic E-state index is 4.43. The van der Waals surface area contributed by atoms with Crippen LogP contribution in [0.4, 0.5) is 0 Å². The maximum Gasteiger partial charge on any atom is 0.193 e. The monoisotopic (exact) mass is 394 g/mol. The zero-order valence-corrected chi connectivity index (χ0v) is 15.6. The lowest BCUT2D eigenvalue weighted by Crippen LogP contribution is -2.53. The molecule has 2 fully saturated rings. The molecule has 2 aliphatic rings. The molecular weight excluding hydrogens is 363 g/mol. The first kappa shape index (κ1) is 18.0. The summed E-state index contributed by atoms with van der Waals surface area (Å²) in [6.07, 6.45) is 4.19. The highest BCUT2D eigenvalue weighted by atomic mass is 127. The second-order valence-electron chi connectivity index (χ2n) is 6.39. The van der Waals surface area contributed by atoms with Crippen molar-refractivity contribution < 1.29 is 0 Å². The van der Waals surface area contributed by atoms with Crippen molar-refractivity contribution in [3.63, 3.8) is 0 Å². The van der Waals surface area contributed by atoms with Gasteiger partial charge in [0.1, 0.15) is 0 Å². The van der Waals surface area contributed by atoms with Crippen molar-refractivity contribution in [1.82, 2.24) is 15.1 Å². The summed E-state index contributed by atoms with van der Waals surface area (Å²) in [7, 11) is 1.90. The molecule has 5 heteroatoms. The lowest BCUT2D eigenvalue weighted by Gasteiger charge is -2.37. The molecule has 1 aliphatic heterocycles. The van der Waals surface area contributed by atoms with E-state index in [1.54, 1.807) is 0 Å². The largest absolute Gasteiger partial charge is 0.356 e. The number of nitrogens with one attached hydrogen (secondary N) is 1. The van der Waals surface area contributed by atoms with Gasteiger partial charge in [0, 0.05) is 46.3 Å². The highest BCUT2D eigenvalue weighted by molar-refractivity contribution is 14.0. The molecule has 2 rings (SSSR count). The van der Waals surface area contributed by atoms with Gasteiger partial charge in [-0.15, -0.1) is 24.0 Å². The molecule has 1 heterocycles. The van der Waals surface area contributed by atoms with Crippen LogP contribution in [0.25, 0.3) is 0 Å². The summed E-state index contributed by atoms with van der Waals surface area (Å²) in [4.78, 5) is 9.40. The molecule has 0 unspecified atom stereocenters. The van der Waals surface area contributed by atoms with Crippen LogP contribution in [0.1, 0.15) is 33.1 Å². The van der Waals surface area contributed by atoms with Crippen LogP contribution < -0.4 is 5.32 Å². The Kier molecular flexibility index (Phi) is 8.17. The zero-order chi connectivity index (χ0) is 13.7. The number of rotatable bonds is 5. The highest BCUT2D eigenvalue weighted by Gasteiger charge is 2.22. The molecule has 1 aliphatic carbocycles. The Morgan fingerprint density at radius 3 is 2.35 bits per heavy atom. The molecule has 0 aromatic carbocycles. The molecule has 0 aromatic heterocycles. The van der Waals surface area contributed by atoms with Gasteiger partial charge < -0.3 is 10.2 Å². The normalized spacial score (nSPS) is 21.0. The van der Waals surface area contributed by atoms with Crippen molar-refractivity contribution in [2.75, 3.05) is 46.3 Å². The van der Waals surface area contributed by atoms with E-state index in [1.165, 1.54) is 38.9 Å². The van der Waals surface area contributed by atoms with Crippen molar-refractivity contribution in [1.29, 1.82) is 0 Å². The lowest BCUT2D eigenvalue weighted by molar-refractivity contribution is 0.164. The summed E-state index contributed by atoms with van der Waals surface area (Å²) in [5.41, 5.74) is 0. The number of guanidine groups is 1. The Balaban J connectivity index is 0.00000200. The van der Waals surface area contributed by atoms with E-state index >= 15 is 0 Å². The molecule has 1 N–H and O–H groups in total. The summed E-state index contributed by atoms with van der Waals surface area (Å²) in [5, 5.41) is 3.52. The molecule has 0 bridgehead atoms. The zero-order valence-electron chi connectivity index (χ0n) is 13.3. The van der Waals surface area contributed by atoms with Gasteiger partial charge in [0.15, 0.2) is 5.96 Å². The number of piperazine rings is 1. The second-order valence-corrected chi connectivity index (χ2v) is 6.39. The summed E-state index contributed by atoms with van der Waals surface area (Å²) >= 11 is 0. The topological polar surface area (TPSA) is 30.9 Å². The number of hydrogen-bond donors (Lipinski definition) is 1. The fraction of sp³-hybridized carbons (Fsp3) is 0.933. The molecule has 1 saturated heterocycles. The van der Waals surface area contributed by atoms with E-state index in [1.807, 2.05) is 7.05 Å². The van der Waals surface area contributed by atoms with E-state index in [-0.39, 0.29) is 24.0 Å². The number of hydrogen-bond acceptors (Lipinski definition) is 2. The van der Waals surface area contributed by atoms with Crippen LogP contribution in [0, 0.1) is 11.8 Å². The van der Waals surface area contributed by atoms with Crippen molar-refractivity contribution >= 4 is 29.9 Å². The fourth-order valence-electron chi connectivity index (χ4n) is 2.79. The molecule has 0 aromatic rings. The van der Waals surface area contributed by atoms with Crippen LogP contribution in [0.5, 0.6) is 0 Å². The van der Waals surface area contributed by atoms with E-state index < -0.39 is 0 Å². The Morgan fingerprint density at radius 1 is 1.20 bits per heavy atom. The molecule has 20 heavy (non-hydrogen) atoms. The van der Waals surface area contributed by atoms with Crippen LogP contribution in [-0.2, 0) is 0 Å². The van der Waals surface area contributed by atoms with E-state index in [0.29, 0.717) is 0 Å². The van der Waals surface area contributed by atoms with E-state index in [4.69, 9.17) is 0 Å². The minimum Gasteiger partial charge on any atom is -0.356 e. The van der Waals surface area contributed by atoms with E-state index in [0.717, 1.165) is 37.4 Å². The first-order valence-corrected chi connectivity index (χ1v) is 7.87. The quantitative estimate of drug-likeness (QED) is 0.441. The molecule has 118 valence electrons. The van der Waals surface area contributed by atoms with Crippen LogP contribution in [0.2, 0.25) is 0 Å². The van der Waals surface area contributed by atoms with Gasteiger partial charge >= 0.3 is 0 Å². The van der Waals surface area contributed by atoms with Gasteiger partial charge in [-0.1, -0.05) is 26.7 Å². The third-order valence-corrected chi connectivity index (χ3v) is 4.04. The first-order chi connectivity index (χ1) is 9.19. The van der Waals surface area contributed by atoms with Crippen LogP contribution >= 0.6 is 24.0 Å². The van der Waals surface area contributed by atoms with Crippen molar-refractivity contribution in [2.24, 2.45) is 16.8 Å². The predicted molar refractivity (Wildman–Crippen MR) is 97.0 cm³/mol. The minimum absolute atomic E-state index is 0. The van der Waals surface area contributed by atoms with Crippen molar-refractivity contribution in [3.05, 3.63) is 0 Å². The Bertz CT molecular complexity index is 294. The average molecular weight is 394 g/mol. The average Bonchev–Trinajstić information content (AvgIpc) is 3.19. The number of aliphatic imine (C=N–C) groups is 1. The van der Waals surface area contributed by atoms with Crippen molar-refractivity contribution in [3.8, 4) is 0 Å². The van der Waals surface area contributed by atoms with Gasteiger partial charge in [0.05, 0.1) is 0 Å². The summed E-state index contributed by atoms with van der Waals surface area (Å²) < 4.78 is 0. The lowest BCUT2D eigenvalue weighted by atomic mass is 10.2. The van der Waals surface area contributed by atoms with E-state index in [2.05, 4.69) is 34.0 Å². The SMILES string of the molecule is CN=C(NCCC1CC1)N1CCN(CC(C)C)CC1.I. The van der Waals surface area contributed by atoms with E-state index in [9.17, 15) is 0 Å². The van der Waals surface area contributed by atoms with Crippen molar-refractivity contribution in [2.45, 2.75) is 33.1 Å². The maximum atomic E-state index is 4.43. The first-order valence-electron chi connectivity index (χ1n) is 7.87. The highest BCUT2D eigenvalue weighted by Crippen LogP contribution is 2.31. The number of nitrogens with zero attached hydrogens (tertiary/aromatic N) is 3. The van der Waals surface area contributed by atoms with Gasteiger partial charge in [0.2, 0.25) is 0 Å². The van der Waals surface area contributed by atoms with Gasteiger partial charge in [-0.25, -0.2) is 0 Å². The predicted octanol–water partition coefficient (Wildman–Crippen LogP) is 2.25. The number of halogens is 1. The van der Waals surface area contributed by atoms with Gasteiger partial charge in [-0.05, 0) is 18.3 Å². The Labute approximate surface area is 141 Å². The second kappa shape index (κ2) is 9.07. The summed E-state index contributed by atoms with van der Waals surface area (Å²) in [6, 6.07) is 0. The smallest absolute Gasteiger partial charge is 0.193 e. The third kappa shape index (κ3) is 6.16. The molecule has 0 atom stereocenters. The van der Waals surface area contributed by atoms with Gasteiger partial charge in [0.25, 0.3) is 0 Å². The Hall–Kier alpha value is -0.0400. The molecule has 1 saturated carbocycles. The summed E-state index contributed by atoms with van der Waals surface area (Å²) in [6.45, 7) is 11.5. The molecule has 0 amide bonds. The molecule has 4 nitrogen and oxygen atoms in total. The van der Waals surface area contributed by atoms with Crippen LogP contribution in [-0.4, -0.2) is 62.1 Å². The van der Waals surface area contributed by atoms with Crippen LogP contribution in [0.15, 0.2) is 4.99 Å². The molecule has 0 spiro atoms. The van der Waals surface area contributed by atoms with Gasteiger partial charge in [-0.3, -0.25) is 9.89 Å². The standard InChI is InChI=1S/C15H30N4.HI/c1-13(2)12-18-8-10-19(11-9-18)15(16-3)17-7-6-14-4-5-14;/h13-14H,4-12H2,1-3H3,(H,16,17);1H. The Morgan fingerprint density at radius 2 is 1.85 bits per heavy atom. The van der Waals surface area contributed by atoms with Crippen LogP contribution in [0.3, 0.4) is 0 Å². The summed E-state index contributed by atoms with van der Waals surface area (Å²) in [5.74, 6) is 2.86. The van der Waals surface area contributed by atoms with Gasteiger partial charge in [-0.2, -0.15) is 0 Å². The minimum atomic E-state index is 0.